The Morgan fingerprint density at radius 3 is 2.61 bits per heavy atom. The average Bonchev–Trinajstić information content (AvgIpc) is 3.01. The lowest BCUT2D eigenvalue weighted by Gasteiger charge is -2.24. The first-order valence-electron chi connectivity index (χ1n) is 11.3. The van der Waals surface area contributed by atoms with Crippen LogP contribution in [0.3, 0.4) is 0 Å². The smallest absolute Gasteiger partial charge is 0.144 e. The number of hydrogen-bond acceptors (Lipinski definition) is 6. The van der Waals surface area contributed by atoms with Gasteiger partial charge in [0, 0.05) is 23.4 Å². The highest BCUT2D eigenvalue weighted by Crippen LogP contribution is 2.32. The number of hydrogen-bond donors (Lipinski definition) is 1. The van der Waals surface area contributed by atoms with Gasteiger partial charge >= 0.3 is 0 Å². The molecule has 1 aliphatic rings. The van der Waals surface area contributed by atoms with Crippen LogP contribution in [0.4, 0.5) is 5.82 Å². The summed E-state index contributed by atoms with van der Waals surface area (Å²) >= 11 is 0. The summed E-state index contributed by atoms with van der Waals surface area (Å²) < 4.78 is 6.12. The minimum Gasteiger partial charge on any atom is -0.491 e. The summed E-state index contributed by atoms with van der Waals surface area (Å²) in [6.45, 7) is 9.01. The molecule has 0 amide bonds. The predicted molar refractivity (Wildman–Crippen MR) is 132 cm³/mol. The van der Waals surface area contributed by atoms with Crippen molar-refractivity contribution in [1.29, 1.82) is 0 Å². The van der Waals surface area contributed by atoms with Crippen LogP contribution < -0.4 is 9.64 Å². The van der Waals surface area contributed by atoms with Gasteiger partial charge in [0.15, 0.2) is 0 Å². The second-order valence-electron chi connectivity index (χ2n) is 9.06. The molecule has 0 fully saturated rings. The molecule has 170 valence electrons. The zero-order valence-electron chi connectivity index (χ0n) is 19.9. The van der Waals surface area contributed by atoms with Gasteiger partial charge in [-0.1, -0.05) is 12.1 Å². The Hall–Kier alpha value is -3.45. The fourth-order valence-electron chi connectivity index (χ4n) is 4.40. The maximum Gasteiger partial charge on any atom is 0.144 e. The van der Waals surface area contributed by atoms with E-state index in [1.807, 2.05) is 21.0 Å². The Bertz CT molecular complexity index is 1330. The van der Waals surface area contributed by atoms with E-state index in [1.165, 1.54) is 0 Å². The second-order valence-corrected chi connectivity index (χ2v) is 9.06. The first kappa shape index (κ1) is 21.4. The van der Waals surface area contributed by atoms with Crippen molar-refractivity contribution in [1.82, 2.24) is 24.8 Å². The van der Waals surface area contributed by atoms with E-state index in [1.54, 1.807) is 0 Å². The number of aryl methyl sites for hydroxylation is 2. The number of fused-ring (bicyclic) bond motifs is 2. The van der Waals surface area contributed by atoms with Crippen LogP contribution in [0.15, 0.2) is 36.4 Å². The molecule has 0 spiro atoms. The van der Waals surface area contributed by atoms with Crippen molar-refractivity contribution in [2.24, 2.45) is 0 Å². The number of rotatable bonds is 4. The van der Waals surface area contributed by atoms with Gasteiger partial charge in [0.25, 0.3) is 0 Å². The van der Waals surface area contributed by atoms with Gasteiger partial charge in [-0.15, -0.1) is 0 Å². The summed E-state index contributed by atoms with van der Waals surface area (Å²) in [6, 6.07) is 12.8. The number of benzene rings is 2. The van der Waals surface area contributed by atoms with Crippen molar-refractivity contribution in [2.45, 2.75) is 33.9 Å². The molecule has 1 N–H and O–H groups in total. The molecule has 3 heterocycles. The highest BCUT2D eigenvalue weighted by Gasteiger charge is 2.21. The van der Waals surface area contributed by atoms with Gasteiger partial charge in [0.05, 0.1) is 24.1 Å². The van der Waals surface area contributed by atoms with E-state index in [9.17, 15) is 0 Å². The topological polar surface area (TPSA) is 70.2 Å². The van der Waals surface area contributed by atoms with Gasteiger partial charge in [-0.25, -0.2) is 15.0 Å². The molecule has 7 nitrogen and oxygen atoms in total. The van der Waals surface area contributed by atoms with Crippen LogP contribution in [0, 0.1) is 20.8 Å². The number of imidazole rings is 1. The molecule has 2 aromatic carbocycles. The molecule has 0 unspecified atom stereocenters. The standard InChI is InChI=1S/C26H30N6O/c1-16-17(2)27-25(15-31(4)5)30-26(16)32-10-11-33-24-9-7-19(12-21(24)14-32)20-6-8-22-23(13-20)29-18(3)28-22/h6-9,12-13H,10-11,14-15H2,1-5H3,(H,28,29). The Balaban J connectivity index is 1.50. The van der Waals surface area contributed by atoms with Gasteiger partial charge in [0.2, 0.25) is 0 Å². The fraction of sp³-hybridized carbons (Fsp3) is 0.346. The maximum atomic E-state index is 6.12. The summed E-state index contributed by atoms with van der Waals surface area (Å²) in [6.07, 6.45) is 0. The van der Waals surface area contributed by atoms with Gasteiger partial charge < -0.3 is 19.5 Å². The maximum absolute atomic E-state index is 6.12. The monoisotopic (exact) mass is 442 g/mol. The third-order valence-electron chi connectivity index (χ3n) is 6.14. The molecule has 33 heavy (non-hydrogen) atoms. The van der Waals surface area contributed by atoms with Crippen molar-refractivity contribution in [2.75, 3.05) is 32.1 Å². The van der Waals surface area contributed by atoms with Crippen LogP contribution in [0.25, 0.3) is 22.2 Å². The van der Waals surface area contributed by atoms with Crippen molar-refractivity contribution >= 4 is 16.9 Å². The van der Waals surface area contributed by atoms with Crippen molar-refractivity contribution in [3.05, 3.63) is 64.9 Å². The van der Waals surface area contributed by atoms with E-state index < -0.39 is 0 Å². The van der Waals surface area contributed by atoms with Crippen LogP contribution in [-0.4, -0.2) is 52.1 Å². The summed E-state index contributed by atoms with van der Waals surface area (Å²) in [7, 11) is 4.08. The normalized spacial score (nSPS) is 13.8. The lowest BCUT2D eigenvalue weighted by atomic mass is 10.0. The number of aromatic amines is 1. The average molecular weight is 443 g/mol. The number of nitrogens with zero attached hydrogens (tertiary/aromatic N) is 5. The molecule has 0 bridgehead atoms. The minimum atomic E-state index is 0.622. The first-order chi connectivity index (χ1) is 15.9. The van der Waals surface area contributed by atoms with E-state index in [4.69, 9.17) is 14.7 Å². The molecular weight excluding hydrogens is 412 g/mol. The molecule has 0 aliphatic carbocycles. The summed E-state index contributed by atoms with van der Waals surface area (Å²) in [5.74, 6) is 3.71. The summed E-state index contributed by atoms with van der Waals surface area (Å²) in [5, 5.41) is 0. The van der Waals surface area contributed by atoms with Gasteiger partial charge in [-0.3, -0.25) is 0 Å². The van der Waals surface area contributed by atoms with E-state index in [2.05, 4.69) is 70.0 Å². The molecule has 0 saturated heterocycles. The molecular formula is C26H30N6O. The second kappa shape index (κ2) is 8.48. The van der Waals surface area contributed by atoms with E-state index in [0.29, 0.717) is 6.61 Å². The molecule has 4 aromatic rings. The van der Waals surface area contributed by atoms with Crippen molar-refractivity contribution in [3.63, 3.8) is 0 Å². The fourth-order valence-corrected chi connectivity index (χ4v) is 4.40. The Morgan fingerprint density at radius 2 is 1.79 bits per heavy atom. The lowest BCUT2D eigenvalue weighted by molar-refractivity contribution is 0.331. The minimum absolute atomic E-state index is 0.622. The molecule has 7 heteroatoms. The summed E-state index contributed by atoms with van der Waals surface area (Å²) in [5.41, 5.74) is 7.68. The molecule has 2 aromatic heterocycles. The highest BCUT2D eigenvalue weighted by atomic mass is 16.5. The van der Waals surface area contributed by atoms with Crippen LogP contribution >= 0.6 is 0 Å². The largest absolute Gasteiger partial charge is 0.491 e. The van der Waals surface area contributed by atoms with Gasteiger partial charge in [-0.2, -0.15) is 0 Å². The molecule has 1 aliphatic heterocycles. The molecule has 0 saturated carbocycles. The van der Waals surface area contributed by atoms with Gasteiger partial charge in [0.1, 0.15) is 29.8 Å². The molecule has 0 atom stereocenters. The predicted octanol–water partition coefficient (Wildman–Crippen LogP) is 4.41. The molecule has 5 rings (SSSR count). The van der Waals surface area contributed by atoms with Crippen LogP contribution in [-0.2, 0) is 13.1 Å². The number of H-pyrrole nitrogens is 1. The number of anilines is 1. The Labute approximate surface area is 194 Å². The van der Waals surface area contributed by atoms with Crippen LogP contribution in [0.2, 0.25) is 0 Å². The van der Waals surface area contributed by atoms with E-state index >= 15 is 0 Å². The van der Waals surface area contributed by atoms with E-state index in [-0.39, 0.29) is 0 Å². The third kappa shape index (κ3) is 4.28. The van der Waals surface area contributed by atoms with Crippen molar-refractivity contribution in [3.8, 4) is 16.9 Å². The van der Waals surface area contributed by atoms with Crippen LogP contribution in [0.1, 0.15) is 28.5 Å². The highest BCUT2D eigenvalue weighted by molar-refractivity contribution is 5.82. The van der Waals surface area contributed by atoms with E-state index in [0.717, 1.165) is 81.8 Å². The zero-order chi connectivity index (χ0) is 23.1. The Morgan fingerprint density at radius 1 is 1.00 bits per heavy atom. The van der Waals surface area contributed by atoms with Gasteiger partial charge in [-0.05, 0) is 70.3 Å². The third-order valence-corrected chi connectivity index (χ3v) is 6.14. The Kier molecular flexibility index (Phi) is 5.50. The number of ether oxygens (including phenoxy) is 1. The number of nitrogens with one attached hydrogen (secondary N) is 1. The first-order valence-corrected chi connectivity index (χ1v) is 11.3. The quantitative estimate of drug-likeness (QED) is 0.505. The SMILES string of the molecule is Cc1nc2ccc(-c3ccc4c(c3)CN(c3nc(CN(C)C)nc(C)c3C)CCO4)cc2[nH]1. The number of aromatic nitrogens is 4. The van der Waals surface area contributed by atoms with Crippen LogP contribution in [0.5, 0.6) is 5.75 Å². The van der Waals surface area contributed by atoms with Crippen molar-refractivity contribution < 1.29 is 4.74 Å². The summed E-state index contributed by atoms with van der Waals surface area (Å²) in [4.78, 5) is 21.9. The lowest BCUT2D eigenvalue weighted by Crippen LogP contribution is -2.28. The zero-order valence-corrected chi connectivity index (χ0v) is 19.9. The molecule has 0 radical (unpaired) electrons.